The summed E-state index contributed by atoms with van der Waals surface area (Å²) in [6.45, 7) is 2.53. The second-order valence-electron chi connectivity index (χ2n) is 6.71. The summed E-state index contributed by atoms with van der Waals surface area (Å²) in [7, 11) is 0. The van der Waals surface area contributed by atoms with Crippen LogP contribution in [0.2, 0.25) is 10.0 Å². The fourth-order valence-corrected chi connectivity index (χ4v) is 3.53. The summed E-state index contributed by atoms with van der Waals surface area (Å²) in [6, 6.07) is 12.2. The van der Waals surface area contributed by atoms with Gasteiger partial charge in [0.25, 0.3) is 0 Å². The summed E-state index contributed by atoms with van der Waals surface area (Å²) in [5.41, 5.74) is 2.42. The van der Waals surface area contributed by atoms with Crippen molar-refractivity contribution in [1.82, 2.24) is 15.0 Å². The zero-order chi connectivity index (χ0) is 19.7. The minimum absolute atomic E-state index is 0.214. The van der Waals surface area contributed by atoms with Crippen LogP contribution in [0.1, 0.15) is 30.3 Å². The van der Waals surface area contributed by atoms with Gasteiger partial charge in [0.05, 0.1) is 0 Å². The second-order valence-corrected chi connectivity index (χ2v) is 7.55. The lowest BCUT2D eigenvalue weighted by atomic mass is 10.2. The van der Waals surface area contributed by atoms with Crippen molar-refractivity contribution in [3.63, 3.8) is 0 Å². The standard InChI is InChI=1S/C20H18Cl2N4O2/c1-12-4-9-15(11-16(12)22)23-20(27)26-10-2-3-17(26)19-24-18(25-28-19)13-5-7-14(21)8-6-13/h4-9,11,17H,2-3,10H2,1H3,(H,23,27). The Morgan fingerprint density at radius 2 is 2.00 bits per heavy atom. The van der Waals surface area contributed by atoms with Crippen molar-refractivity contribution >= 4 is 34.9 Å². The molecule has 3 aromatic rings. The number of hydrogen-bond donors (Lipinski definition) is 1. The van der Waals surface area contributed by atoms with Gasteiger partial charge in [-0.25, -0.2) is 4.79 Å². The quantitative estimate of drug-likeness (QED) is 0.592. The third-order valence-electron chi connectivity index (χ3n) is 4.77. The van der Waals surface area contributed by atoms with Gasteiger partial charge in [-0.3, -0.25) is 0 Å². The number of aryl methyl sites for hydroxylation is 1. The van der Waals surface area contributed by atoms with Crippen LogP contribution in [0, 0.1) is 6.92 Å². The van der Waals surface area contributed by atoms with Crippen molar-refractivity contribution in [2.24, 2.45) is 0 Å². The van der Waals surface area contributed by atoms with Crippen molar-refractivity contribution < 1.29 is 9.32 Å². The minimum Gasteiger partial charge on any atom is -0.337 e. The molecule has 2 amide bonds. The molecule has 2 aromatic carbocycles. The number of amides is 2. The Bertz CT molecular complexity index is 1000. The average molecular weight is 417 g/mol. The first-order valence-electron chi connectivity index (χ1n) is 8.94. The zero-order valence-electron chi connectivity index (χ0n) is 15.2. The number of urea groups is 1. The first-order chi connectivity index (χ1) is 13.5. The van der Waals surface area contributed by atoms with Gasteiger partial charge >= 0.3 is 6.03 Å². The number of nitrogens with zero attached hydrogens (tertiary/aromatic N) is 3. The molecule has 1 aliphatic heterocycles. The molecule has 1 saturated heterocycles. The van der Waals surface area contributed by atoms with Gasteiger partial charge in [-0.15, -0.1) is 0 Å². The van der Waals surface area contributed by atoms with Crippen LogP contribution < -0.4 is 5.32 Å². The number of rotatable bonds is 3. The highest BCUT2D eigenvalue weighted by Gasteiger charge is 2.34. The van der Waals surface area contributed by atoms with Gasteiger partial charge in [-0.05, 0) is 61.7 Å². The van der Waals surface area contributed by atoms with E-state index in [1.807, 2.05) is 31.2 Å². The Kier molecular flexibility index (Phi) is 5.24. The van der Waals surface area contributed by atoms with Gasteiger partial charge in [0, 0.05) is 27.8 Å². The van der Waals surface area contributed by atoms with E-state index in [0.29, 0.717) is 34.0 Å². The van der Waals surface area contributed by atoms with Gasteiger partial charge < -0.3 is 14.7 Å². The van der Waals surface area contributed by atoms with Gasteiger partial charge in [0.2, 0.25) is 11.7 Å². The molecule has 1 fully saturated rings. The molecule has 6 nitrogen and oxygen atoms in total. The van der Waals surface area contributed by atoms with Crippen molar-refractivity contribution in [2.45, 2.75) is 25.8 Å². The molecule has 1 N–H and O–H groups in total. The largest absolute Gasteiger partial charge is 0.337 e. The lowest BCUT2D eigenvalue weighted by molar-refractivity contribution is 0.193. The third-order valence-corrected chi connectivity index (χ3v) is 5.43. The predicted molar refractivity (Wildman–Crippen MR) is 109 cm³/mol. The summed E-state index contributed by atoms with van der Waals surface area (Å²) >= 11 is 12.1. The van der Waals surface area contributed by atoms with Crippen LogP contribution in [-0.4, -0.2) is 27.6 Å². The van der Waals surface area contributed by atoms with Gasteiger partial charge in [-0.2, -0.15) is 4.98 Å². The molecule has 144 valence electrons. The normalized spacial score (nSPS) is 16.4. The van der Waals surface area contributed by atoms with Crippen LogP contribution >= 0.6 is 23.2 Å². The number of anilines is 1. The van der Waals surface area contributed by atoms with E-state index in [9.17, 15) is 4.79 Å². The molecule has 4 rings (SSSR count). The number of likely N-dealkylation sites (tertiary alicyclic amines) is 1. The predicted octanol–water partition coefficient (Wildman–Crippen LogP) is 5.72. The Morgan fingerprint density at radius 1 is 1.21 bits per heavy atom. The molecule has 0 spiro atoms. The van der Waals surface area contributed by atoms with E-state index in [4.69, 9.17) is 27.7 Å². The Balaban J connectivity index is 1.51. The maximum absolute atomic E-state index is 12.8. The van der Waals surface area contributed by atoms with Crippen LogP contribution in [0.3, 0.4) is 0 Å². The maximum atomic E-state index is 12.8. The van der Waals surface area contributed by atoms with Crippen molar-refractivity contribution in [3.8, 4) is 11.4 Å². The molecule has 1 atom stereocenters. The zero-order valence-corrected chi connectivity index (χ0v) is 16.7. The van der Waals surface area contributed by atoms with E-state index < -0.39 is 0 Å². The van der Waals surface area contributed by atoms with E-state index in [0.717, 1.165) is 24.0 Å². The Labute approximate surface area is 172 Å². The van der Waals surface area contributed by atoms with Gasteiger partial charge in [0.15, 0.2) is 0 Å². The van der Waals surface area contributed by atoms with Crippen LogP contribution in [0.4, 0.5) is 10.5 Å². The number of halogens is 2. The molecule has 0 aliphatic carbocycles. The molecule has 28 heavy (non-hydrogen) atoms. The van der Waals surface area contributed by atoms with Crippen LogP contribution in [0.5, 0.6) is 0 Å². The molecular weight excluding hydrogens is 399 g/mol. The fourth-order valence-electron chi connectivity index (χ4n) is 3.22. The van der Waals surface area contributed by atoms with Gasteiger partial charge in [-0.1, -0.05) is 34.4 Å². The summed E-state index contributed by atoms with van der Waals surface area (Å²) in [4.78, 5) is 19.0. The summed E-state index contributed by atoms with van der Waals surface area (Å²) in [6.07, 6.45) is 1.63. The third kappa shape index (κ3) is 3.84. The molecule has 0 bridgehead atoms. The number of carbonyl (C=O) groups excluding carboxylic acids is 1. The molecule has 1 aliphatic rings. The van der Waals surface area contributed by atoms with Crippen LogP contribution in [0.25, 0.3) is 11.4 Å². The van der Waals surface area contributed by atoms with Crippen LogP contribution in [0.15, 0.2) is 47.0 Å². The van der Waals surface area contributed by atoms with Gasteiger partial charge in [0.1, 0.15) is 6.04 Å². The lowest BCUT2D eigenvalue weighted by Crippen LogP contribution is -2.34. The number of hydrogen-bond acceptors (Lipinski definition) is 4. The average Bonchev–Trinajstić information content (AvgIpc) is 3.34. The monoisotopic (exact) mass is 416 g/mol. The second kappa shape index (κ2) is 7.81. The van der Waals surface area contributed by atoms with Crippen molar-refractivity contribution in [3.05, 3.63) is 64.0 Å². The molecule has 1 unspecified atom stereocenters. The highest BCUT2D eigenvalue weighted by Crippen LogP contribution is 2.33. The number of carbonyl (C=O) groups is 1. The van der Waals surface area contributed by atoms with Crippen molar-refractivity contribution in [1.29, 1.82) is 0 Å². The minimum atomic E-state index is -0.255. The van der Waals surface area contributed by atoms with E-state index in [1.54, 1.807) is 23.1 Å². The van der Waals surface area contributed by atoms with E-state index >= 15 is 0 Å². The van der Waals surface area contributed by atoms with E-state index in [2.05, 4.69) is 15.5 Å². The Hall–Kier alpha value is -2.57. The molecule has 8 heteroatoms. The highest BCUT2D eigenvalue weighted by atomic mass is 35.5. The number of benzene rings is 2. The summed E-state index contributed by atoms with van der Waals surface area (Å²) in [5.74, 6) is 0.906. The summed E-state index contributed by atoms with van der Waals surface area (Å²) < 4.78 is 5.46. The molecule has 2 heterocycles. The first kappa shape index (κ1) is 18.8. The molecular formula is C20H18Cl2N4O2. The maximum Gasteiger partial charge on any atom is 0.322 e. The number of aromatic nitrogens is 2. The molecule has 1 aromatic heterocycles. The van der Waals surface area contributed by atoms with E-state index in [-0.39, 0.29) is 12.1 Å². The van der Waals surface area contributed by atoms with Crippen LogP contribution in [-0.2, 0) is 0 Å². The Morgan fingerprint density at radius 3 is 2.75 bits per heavy atom. The van der Waals surface area contributed by atoms with E-state index in [1.165, 1.54) is 0 Å². The lowest BCUT2D eigenvalue weighted by Gasteiger charge is -2.22. The molecule has 0 radical (unpaired) electrons. The summed E-state index contributed by atoms with van der Waals surface area (Å²) in [5, 5.41) is 8.20. The van der Waals surface area contributed by atoms with Crippen molar-refractivity contribution in [2.75, 3.05) is 11.9 Å². The topological polar surface area (TPSA) is 71.3 Å². The first-order valence-corrected chi connectivity index (χ1v) is 9.70. The molecule has 0 saturated carbocycles. The SMILES string of the molecule is Cc1ccc(NC(=O)N2CCCC2c2nc(-c3ccc(Cl)cc3)no2)cc1Cl. The smallest absolute Gasteiger partial charge is 0.322 e. The fraction of sp³-hybridized carbons (Fsp3) is 0.250. The number of nitrogens with one attached hydrogen (secondary N) is 1. The highest BCUT2D eigenvalue weighted by molar-refractivity contribution is 6.31.